The lowest BCUT2D eigenvalue weighted by molar-refractivity contribution is -0.140. The van der Waals surface area contributed by atoms with E-state index in [1.54, 1.807) is 37.8 Å². The van der Waals surface area contributed by atoms with Crippen LogP contribution in [0.3, 0.4) is 0 Å². The number of nitrogens with zero attached hydrogens (tertiary/aromatic N) is 9. The number of hydrogen-bond donors (Lipinski definition) is 7. The van der Waals surface area contributed by atoms with Crippen LogP contribution in [0.2, 0.25) is 0 Å². The van der Waals surface area contributed by atoms with Gasteiger partial charge in [-0.2, -0.15) is 11.8 Å². The summed E-state index contributed by atoms with van der Waals surface area (Å²) in [6.07, 6.45) is 6.97. The highest BCUT2D eigenvalue weighted by atomic mass is 32.2. The molecule has 6 rings (SSSR count). The van der Waals surface area contributed by atoms with Crippen LogP contribution < -0.4 is 26.0 Å². The molecule has 4 heterocycles. The second-order valence-electron chi connectivity index (χ2n) is 23.5. The van der Waals surface area contributed by atoms with Gasteiger partial charge in [-0.3, -0.25) is 77.6 Å². The zero-order chi connectivity index (χ0) is 66.4. The molecule has 0 saturated carbocycles. The van der Waals surface area contributed by atoms with Gasteiger partial charge in [-0.25, -0.2) is 8.78 Å². The number of alkyl halides is 2. The maximum absolute atomic E-state index is 14.1. The second kappa shape index (κ2) is 38.5. The molecule has 29 heteroatoms. The van der Waals surface area contributed by atoms with Crippen molar-refractivity contribution in [3.8, 4) is 5.75 Å². The predicted molar refractivity (Wildman–Crippen MR) is 343 cm³/mol. The number of thioether (sulfide) groups is 1. The first-order chi connectivity index (χ1) is 44.1. The molecule has 3 saturated heterocycles. The van der Waals surface area contributed by atoms with Gasteiger partial charge in [-0.15, -0.1) is 0 Å². The number of likely N-dealkylation sites (tertiary alicyclic amines) is 1. The number of unbranched alkanes of at least 4 members (excludes halogenated alkanes) is 2. The van der Waals surface area contributed by atoms with Crippen molar-refractivity contribution in [2.75, 3.05) is 163 Å². The van der Waals surface area contributed by atoms with Crippen molar-refractivity contribution < 1.29 is 72.0 Å². The van der Waals surface area contributed by atoms with Gasteiger partial charge in [0, 0.05) is 154 Å². The van der Waals surface area contributed by atoms with Crippen LogP contribution >= 0.6 is 11.8 Å². The number of carboxylic acid groups (broad SMARTS) is 3. The normalized spacial score (nSPS) is 17.8. The standard InChI is InChI=1S/C63H91F2N13O13S/c1-46-11-13-47(14-12-46)8-6-9-54(79)68-20-35-92-44-53(71-55(80)40-73-22-24-74(41-58(83)84)26-28-76(43-60(87)88)29-27-75(25-23-73)42-59(85)86)62(90)69-18-5-3-4-10-56(81)77-32-30-72(31-33-77)21-7-34-91-49-15-16-52-51(36-49)50(17-19-67-52)61(89)70-39-57(82)78-45-63(64,65)37-48(78)38-66-2/h11-17,19,36,38,48,53H,3-10,18,20-35,37,39-45H2,1-2H3,(H,68,79)(H,69,90)(H,70,89)(H,71,80)(H,83,84)(H,85,86)(H,87,88)/b66-38+/t48-,53?/m1/s1. The third-order valence-electron chi connectivity index (χ3n) is 16.2. The van der Waals surface area contributed by atoms with Crippen molar-refractivity contribution in [2.24, 2.45) is 4.99 Å². The number of pyridine rings is 1. The van der Waals surface area contributed by atoms with E-state index in [2.05, 4.69) is 48.3 Å². The third-order valence-corrected chi connectivity index (χ3v) is 17.2. The first-order valence-electron chi connectivity index (χ1n) is 31.5. The predicted octanol–water partition coefficient (Wildman–Crippen LogP) is 1.63. The van der Waals surface area contributed by atoms with Crippen LogP contribution in [-0.2, 0) is 44.8 Å². The molecule has 2 aromatic carbocycles. The van der Waals surface area contributed by atoms with Crippen LogP contribution in [0.4, 0.5) is 8.78 Å². The molecule has 0 spiro atoms. The van der Waals surface area contributed by atoms with Gasteiger partial charge in [0.1, 0.15) is 11.8 Å². The Kier molecular flexibility index (Phi) is 30.8. The number of rotatable bonds is 34. The molecule has 3 aromatic rings. The Morgan fingerprint density at radius 1 is 0.696 bits per heavy atom. The van der Waals surface area contributed by atoms with Crippen LogP contribution in [0.5, 0.6) is 5.75 Å². The van der Waals surface area contributed by atoms with Gasteiger partial charge in [-0.05, 0) is 68.9 Å². The highest BCUT2D eigenvalue weighted by molar-refractivity contribution is 7.99. The van der Waals surface area contributed by atoms with E-state index in [9.17, 15) is 67.3 Å². The molecule has 3 aliphatic heterocycles. The Hall–Kier alpha value is -7.44. The molecule has 0 bridgehead atoms. The zero-order valence-electron chi connectivity index (χ0n) is 52.9. The van der Waals surface area contributed by atoms with E-state index in [0.29, 0.717) is 113 Å². The van der Waals surface area contributed by atoms with E-state index in [4.69, 9.17) is 4.74 Å². The molecule has 92 heavy (non-hydrogen) atoms. The number of amides is 6. The number of benzene rings is 2. The minimum Gasteiger partial charge on any atom is -0.494 e. The Morgan fingerprint density at radius 2 is 1.32 bits per heavy atom. The van der Waals surface area contributed by atoms with Crippen LogP contribution in [0, 0.1) is 6.92 Å². The number of carbonyl (C=O) groups is 9. The minimum atomic E-state index is -3.05. The summed E-state index contributed by atoms with van der Waals surface area (Å²) in [6.45, 7) is 5.73. The first kappa shape index (κ1) is 73.6. The molecule has 2 atom stereocenters. The molecule has 0 aliphatic carbocycles. The topological polar surface area (TPSA) is 320 Å². The lowest BCUT2D eigenvalue weighted by atomic mass is 10.1. The highest BCUT2D eigenvalue weighted by Crippen LogP contribution is 2.31. The molecule has 6 amide bonds. The molecule has 0 radical (unpaired) electrons. The summed E-state index contributed by atoms with van der Waals surface area (Å²) in [7, 11) is 1.45. The van der Waals surface area contributed by atoms with E-state index in [1.165, 1.54) is 42.9 Å². The van der Waals surface area contributed by atoms with Crippen LogP contribution in [0.1, 0.15) is 72.9 Å². The number of piperazine rings is 1. The Balaban J connectivity index is 0.920. The van der Waals surface area contributed by atoms with Crippen molar-refractivity contribution in [2.45, 2.75) is 82.7 Å². The number of nitrogens with one attached hydrogen (secondary N) is 4. The van der Waals surface area contributed by atoms with Crippen LogP contribution in [-0.4, -0.2) is 295 Å². The molecule has 506 valence electrons. The van der Waals surface area contributed by atoms with Gasteiger partial charge in [0.05, 0.1) is 63.0 Å². The van der Waals surface area contributed by atoms with E-state index in [0.717, 1.165) is 23.4 Å². The Morgan fingerprint density at radius 3 is 1.93 bits per heavy atom. The number of aliphatic carboxylic acids is 3. The third kappa shape index (κ3) is 26.6. The van der Waals surface area contributed by atoms with Gasteiger partial charge in [-0.1, -0.05) is 36.2 Å². The number of aliphatic imine (C=N–C) groups is 1. The molecule has 7 N–H and O–H groups in total. The van der Waals surface area contributed by atoms with Gasteiger partial charge < -0.3 is 51.1 Å². The summed E-state index contributed by atoms with van der Waals surface area (Å²) in [6, 6.07) is 13.1. The van der Waals surface area contributed by atoms with E-state index in [-0.39, 0.29) is 102 Å². The fourth-order valence-electron chi connectivity index (χ4n) is 11.1. The SMILES string of the molecule is C/N=C/[C@H]1CC(F)(F)CN1C(=O)CNC(=O)c1ccnc2ccc(OCCCN3CCN(C(=O)CCCCCNC(=O)C(CSCCNC(=O)CCCc4ccc(C)cc4)NC(=O)CN4CCN(CC(=O)O)CCN(CC(=O)O)CCN(CC(=O)O)CC4)CC3)cc12. The smallest absolute Gasteiger partial charge is 0.317 e. The van der Waals surface area contributed by atoms with E-state index < -0.39 is 79.1 Å². The number of aromatic nitrogens is 1. The number of ether oxygens (including phenoxy) is 1. The number of aryl methyl sites for hydroxylation is 2. The summed E-state index contributed by atoms with van der Waals surface area (Å²) < 4.78 is 34.3. The van der Waals surface area contributed by atoms with Crippen LogP contribution in [0.15, 0.2) is 59.7 Å². The summed E-state index contributed by atoms with van der Waals surface area (Å²) in [5.74, 6) is -7.20. The minimum absolute atomic E-state index is 0.0522. The zero-order valence-corrected chi connectivity index (χ0v) is 53.7. The summed E-state index contributed by atoms with van der Waals surface area (Å²) in [5.41, 5.74) is 3.11. The van der Waals surface area contributed by atoms with Gasteiger partial charge >= 0.3 is 17.9 Å². The molecule has 3 aliphatic rings. The van der Waals surface area contributed by atoms with E-state index >= 15 is 0 Å². The van der Waals surface area contributed by atoms with Crippen molar-refractivity contribution in [1.29, 1.82) is 0 Å². The van der Waals surface area contributed by atoms with Crippen LogP contribution in [0.25, 0.3) is 10.9 Å². The van der Waals surface area contributed by atoms with Crippen molar-refractivity contribution in [3.63, 3.8) is 0 Å². The number of carbonyl (C=O) groups excluding carboxylic acids is 6. The molecule has 1 aromatic heterocycles. The maximum atomic E-state index is 14.1. The molecule has 3 fully saturated rings. The Labute approximate surface area is 540 Å². The number of carboxylic acids is 3. The summed E-state index contributed by atoms with van der Waals surface area (Å²) >= 11 is 1.39. The summed E-state index contributed by atoms with van der Waals surface area (Å²) in [4.78, 5) is 135. The molecule has 26 nitrogen and oxygen atoms in total. The van der Waals surface area contributed by atoms with Crippen molar-refractivity contribution in [1.82, 2.24) is 60.6 Å². The fraction of sp³-hybridized carbons (Fsp3) is 0.603. The van der Waals surface area contributed by atoms with Crippen molar-refractivity contribution >= 4 is 82.2 Å². The summed E-state index contributed by atoms with van der Waals surface area (Å²) in [5, 5.41) is 40.7. The average Bonchev–Trinajstić information content (AvgIpc) is 1.23. The van der Waals surface area contributed by atoms with E-state index in [1.807, 2.05) is 24.0 Å². The second-order valence-corrected chi connectivity index (χ2v) is 24.6. The lowest BCUT2D eigenvalue weighted by Crippen LogP contribution is -2.53. The Bertz CT molecular complexity index is 2930. The monoisotopic (exact) mass is 1310 g/mol. The number of fused-ring (bicyclic) bond motifs is 1. The molecule has 1 unspecified atom stereocenters. The first-order valence-corrected chi connectivity index (χ1v) is 32.7. The quantitative estimate of drug-likeness (QED) is 0.0330. The van der Waals surface area contributed by atoms with Gasteiger partial charge in [0.25, 0.3) is 11.8 Å². The largest absolute Gasteiger partial charge is 0.494 e. The number of hydrogen-bond acceptors (Lipinski definition) is 18. The lowest BCUT2D eigenvalue weighted by Gasteiger charge is -2.34. The average molecular weight is 1310 g/mol. The fourth-order valence-corrected chi connectivity index (χ4v) is 12.0. The molecular weight excluding hydrogens is 1220 g/mol. The maximum Gasteiger partial charge on any atom is 0.317 e. The van der Waals surface area contributed by atoms with Gasteiger partial charge in [0.15, 0.2) is 0 Å². The highest BCUT2D eigenvalue weighted by Gasteiger charge is 2.46. The molecular formula is C63H91F2N13O13S. The van der Waals surface area contributed by atoms with Crippen molar-refractivity contribution in [3.05, 3.63) is 71.4 Å². The van der Waals surface area contributed by atoms with Gasteiger partial charge in [0.2, 0.25) is 29.5 Å². The number of halogens is 2.